The minimum absolute atomic E-state index is 0.225. The molecule has 0 aromatic heterocycles. The zero-order chi connectivity index (χ0) is 20.9. The van der Waals surface area contributed by atoms with E-state index < -0.39 is 0 Å². The van der Waals surface area contributed by atoms with Gasteiger partial charge in [-0.15, -0.1) is 0 Å². The lowest BCUT2D eigenvalue weighted by molar-refractivity contribution is -0.117. The van der Waals surface area contributed by atoms with Crippen molar-refractivity contribution in [3.8, 4) is 22.3 Å². The van der Waals surface area contributed by atoms with E-state index in [0.29, 0.717) is 12.8 Å². The molecule has 0 spiro atoms. The summed E-state index contributed by atoms with van der Waals surface area (Å²) in [5, 5.41) is 0. The van der Waals surface area contributed by atoms with Gasteiger partial charge in [0.15, 0.2) is 0 Å². The summed E-state index contributed by atoms with van der Waals surface area (Å²) in [6.07, 6.45) is 0.907. The van der Waals surface area contributed by atoms with Crippen LogP contribution in [-0.2, 0) is 17.6 Å². The van der Waals surface area contributed by atoms with Gasteiger partial charge in [-0.2, -0.15) is 0 Å². The summed E-state index contributed by atoms with van der Waals surface area (Å²) in [6.45, 7) is 0. The summed E-state index contributed by atoms with van der Waals surface area (Å²) in [7, 11) is 0. The van der Waals surface area contributed by atoms with Crippen LogP contribution >= 0.6 is 31.9 Å². The molecule has 0 unspecified atom stereocenters. The Morgan fingerprint density at radius 2 is 0.733 bits per heavy atom. The van der Waals surface area contributed by atoms with E-state index in [2.05, 4.69) is 80.4 Å². The highest BCUT2D eigenvalue weighted by atomic mass is 79.9. The molecular formula is C27H20Br2O. The van der Waals surface area contributed by atoms with Gasteiger partial charge in [0.25, 0.3) is 0 Å². The molecular weight excluding hydrogens is 500 g/mol. The molecule has 0 radical (unpaired) electrons. The molecule has 0 saturated heterocycles. The number of ketones is 1. The van der Waals surface area contributed by atoms with Gasteiger partial charge in [-0.05, 0) is 57.6 Å². The zero-order valence-corrected chi connectivity index (χ0v) is 19.5. The summed E-state index contributed by atoms with van der Waals surface area (Å²) in [4.78, 5) is 12.6. The molecule has 148 valence electrons. The normalized spacial score (nSPS) is 10.7. The van der Waals surface area contributed by atoms with E-state index in [1.165, 1.54) is 11.1 Å². The predicted molar refractivity (Wildman–Crippen MR) is 132 cm³/mol. The van der Waals surface area contributed by atoms with Crippen LogP contribution in [0, 0.1) is 0 Å². The third-order valence-electron chi connectivity index (χ3n) is 5.07. The first-order valence-electron chi connectivity index (χ1n) is 9.78. The molecule has 4 aromatic rings. The van der Waals surface area contributed by atoms with Crippen molar-refractivity contribution in [2.24, 2.45) is 0 Å². The van der Waals surface area contributed by atoms with Crippen molar-refractivity contribution in [3.05, 3.63) is 117 Å². The van der Waals surface area contributed by atoms with E-state index in [-0.39, 0.29) is 5.78 Å². The second-order valence-electron chi connectivity index (χ2n) is 7.30. The number of Topliss-reactive ketones (excluding diaryl/α,β-unsaturated/α-hetero) is 1. The third kappa shape index (κ3) is 5.35. The third-order valence-corrected chi connectivity index (χ3v) is 6.12. The Morgan fingerprint density at radius 1 is 0.467 bits per heavy atom. The fraction of sp³-hybridized carbons (Fsp3) is 0.0741. The van der Waals surface area contributed by atoms with Crippen LogP contribution in [0.1, 0.15) is 11.1 Å². The van der Waals surface area contributed by atoms with Gasteiger partial charge in [-0.25, -0.2) is 0 Å². The molecule has 0 aliphatic carbocycles. The second-order valence-corrected chi connectivity index (χ2v) is 9.13. The maximum Gasteiger partial charge on any atom is 0.141 e. The van der Waals surface area contributed by atoms with Crippen LogP contribution < -0.4 is 0 Å². The molecule has 4 rings (SSSR count). The Labute approximate surface area is 194 Å². The minimum Gasteiger partial charge on any atom is -0.299 e. The fourth-order valence-corrected chi connectivity index (χ4v) is 3.96. The Bertz CT molecular complexity index is 1030. The van der Waals surface area contributed by atoms with Gasteiger partial charge in [0.2, 0.25) is 0 Å². The Hall–Kier alpha value is -2.49. The van der Waals surface area contributed by atoms with E-state index in [1.807, 2.05) is 48.5 Å². The van der Waals surface area contributed by atoms with Crippen LogP contribution in [0.3, 0.4) is 0 Å². The fourth-order valence-electron chi connectivity index (χ4n) is 3.43. The molecule has 1 nitrogen and oxygen atoms in total. The van der Waals surface area contributed by atoms with Gasteiger partial charge >= 0.3 is 0 Å². The van der Waals surface area contributed by atoms with E-state index in [4.69, 9.17) is 0 Å². The van der Waals surface area contributed by atoms with Crippen LogP contribution in [0.2, 0.25) is 0 Å². The van der Waals surface area contributed by atoms with Crippen LogP contribution in [0.5, 0.6) is 0 Å². The first-order valence-corrected chi connectivity index (χ1v) is 11.4. The lowest BCUT2D eigenvalue weighted by atomic mass is 9.98. The topological polar surface area (TPSA) is 17.1 Å². The van der Waals surface area contributed by atoms with Crippen molar-refractivity contribution in [3.63, 3.8) is 0 Å². The Morgan fingerprint density at radius 3 is 1.03 bits per heavy atom. The molecule has 0 amide bonds. The molecule has 0 N–H and O–H groups in total. The molecule has 0 aliphatic rings. The van der Waals surface area contributed by atoms with Crippen LogP contribution in [0.15, 0.2) is 106 Å². The van der Waals surface area contributed by atoms with Gasteiger partial charge < -0.3 is 0 Å². The quantitative estimate of drug-likeness (QED) is 0.253. The van der Waals surface area contributed by atoms with Crippen LogP contribution in [0.25, 0.3) is 22.3 Å². The van der Waals surface area contributed by atoms with Gasteiger partial charge in [0, 0.05) is 21.8 Å². The number of benzene rings is 4. The number of halogens is 2. The van der Waals surface area contributed by atoms with E-state index in [0.717, 1.165) is 31.2 Å². The summed E-state index contributed by atoms with van der Waals surface area (Å²) < 4.78 is 2.14. The highest BCUT2D eigenvalue weighted by Gasteiger charge is 2.07. The Kier molecular flexibility index (Phi) is 6.61. The molecule has 3 heteroatoms. The first kappa shape index (κ1) is 20.8. The number of hydrogen-bond donors (Lipinski definition) is 0. The van der Waals surface area contributed by atoms with Gasteiger partial charge in [0.05, 0.1) is 0 Å². The lowest BCUT2D eigenvalue weighted by Crippen LogP contribution is -2.06. The summed E-state index contributed by atoms with van der Waals surface area (Å²) >= 11 is 6.93. The molecule has 0 aliphatic heterocycles. The molecule has 0 heterocycles. The Balaban J connectivity index is 1.37. The van der Waals surface area contributed by atoms with Gasteiger partial charge in [-0.1, -0.05) is 105 Å². The average molecular weight is 520 g/mol. The molecule has 0 fully saturated rings. The molecule has 0 bridgehead atoms. The van der Waals surface area contributed by atoms with Crippen molar-refractivity contribution >= 4 is 37.6 Å². The monoisotopic (exact) mass is 518 g/mol. The molecule has 0 atom stereocenters. The lowest BCUT2D eigenvalue weighted by Gasteiger charge is -2.06. The van der Waals surface area contributed by atoms with E-state index in [1.54, 1.807) is 0 Å². The zero-order valence-electron chi connectivity index (χ0n) is 16.3. The summed E-state index contributed by atoms with van der Waals surface area (Å²) in [5.41, 5.74) is 6.74. The predicted octanol–water partition coefficient (Wildman–Crippen LogP) is 7.90. The smallest absolute Gasteiger partial charge is 0.141 e. The molecule has 4 aromatic carbocycles. The number of rotatable bonds is 6. The summed E-state index contributed by atoms with van der Waals surface area (Å²) in [5.74, 6) is 0.225. The van der Waals surface area contributed by atoms with Crippen molar-refractivity contribution in [2.75, 3.05) is 0 Å². The minimum atomic E-state index is 0.225. The van der Waals surface area contributed by atoms with Crippen molar-refractivity contribution in [1.29, 1.82) is 0 Å². The second kappa shape index (κ2) is 9.55. The van der Waals surface area contributed by atoms with E-state index >= 15 is 0 Å². The van der Waals surface area contributed by atoms with Crippen molar-refractivity contribution in [1.82, 2.24) is 0 Å². The molecule has 30 heavy (non-hydrogen) atoms. The number of hydrogen-bond acceptors (Lipinski definition) is 1. The van der Waals surface area contributed by atoms with Crippen LogP contribution in [-0.4, -0.2) is 5.78 Å². The maximum absolute atomic E-state index is 12.6. The summed E-state index contributed by atoms with van der Waals surface area (Å²) in [6, 6.07) is 33.0. The van der Waals surface area contributed by atoms with Gasteiger partial charge in [-0.3, -0.25) is 4.79 Å². The van der Waals surface area contributed by atoms with Gasteiger partial charge in [0.1, 0.15) is 5.78 Å². The van der Waals surface area contributed by atoms with E-state index in [9.17, 15) is 4.79 Å². The molecule has 0 saturated carbocycles. The highest BCUT2D eigenvalue weighted by Crippen LogP contribution is 2.24. The van der Waals surface area contributed by atoms with Crippen molar-refractivity contribution < 1.29 is 4.79 Å². The van der Waals surface area contributed by atoms with Crippen molar-refractivity contribution in [2.45, 2.75) is 12.8 Å². The average Bonchev–Trinajstić information content (AvgIpc) is 2.76. The SMILES string of the molecule is O=C(Cc1ccc(-c2ccc(Br)cc2)cc1)Cc1ccc(-c2ccc(Br)cc2)cc1. The standard InChI is InChI=1S/C27H20Br2O/c28-25-13-9-23(10-14-25)21-5-1-19(2-6-21)17-27(30)18-20-3-7-22(8-4-20)24-11-15-26(29)16-12-24/h1-16H,17-18H2. The first-order chi connectivity index (χ1) is 14.6. The highest BCUT2D eigenvalue weighted by molar-refractivity contribution is 9.10. The number of carbonyl (C=O) groups excluding carboxylic acids is 1. The largest absolute Gasteiger partial charge is 0.299 e. The maximum atomic E-state index is 12.6. The number of carbonyl (C=O) groups is 1. The van der Waals surface area contributed by atoms with Crippen LogP contribution in [0.4, 0.5) is 0 Å².